The molecule has 0 heteroatoms. The summed E-state index contributed by atoms with van der Waals surface area (Å²) in [5.74, 6) is 0. The molecule has 0 aliphatic heterocycles. The highest BCUT2D eigenvalue weighted by molar-refractivity contribution is 6.06. The maximum Gasteiger partial charge on any atom is -0.00928 e. The van der Waals surface area contributed by atoms with Crippen LogP contribution in [0.15, 0.2) is 200 Å². The molecule has 9 aromatic carbocycles. The van der Waals surface area contributed by atoms with E-state index in [-0.39, 0.29) is 5.41 Å². The van der Waals surface area contributed by atoms with Crippen LogP contribution in [-0.4, -0.2) is 0 Å². The van der Waals surface area contributed by atoms with Crippen LogP contribution in [0, 0.1) is 0 Å². The van der Waals surface area contributed by atoms with Gasteiger partial charge in [-0.2, -0.15) is 0 Å². The first kappa shape index (κ1) is 34.2. The molecule has 0 aromatic heterocycles. The summed E-state index contributed by atoms with van der Waals surface area (Å²) < 4.78 is 0. The van der Waals surface area contributed by atoms with E-state index < -0.39 is 0 Å². The first-order chi connectivity index (χ1) is 28.4. The molecule has 0 saturated carbocycles. The number of benzene rings is 9. The van der Waals surface area contributed by atoms with Crippen LogP contribution in [0.1, 0.15) is 26.3 Å². The molecule has 0 amide bonds. The first-order valence-electron chi connectivity index (χ1n) is 20.4. The van der Waals surface area contributed by atoms with Crippen molar-refractivity contribution in [3.63, 3.8) is 0 Å². The Balaban J connectivity index is 1.13. The third-order valence-electron chi connectivity index (χ3n) is 12.4. The van der Waals surface area contributed by atoms with E-state index in [0.717, 1.165) is 0 Å². The Morgan fingerprint density at radius 2 is 0.414 bits per heavy atom. The van der Waals surface area contributed by atoms with E-state index in [9.17, 15) is 0 Å². The van der Waals surface area contributed by atoms with E-state index >= 15 is 0 Å². The van der Waals surface area contributed by atoms with Gasteiger partial charge >= 0.3 is 0 Å². The molecule has 0 unspecified atom stereocenters. The third kappa shape index (κ3) is 5.36. The van der Waals surface area contributed by atoms with Gasteiger partial charge in [-0.1, -0.05) is 209 Å². The second-order valence-corrected chi connectivity index (χ2v) is 16.8. The largest absolute Gasteiger partial charge is 0.0616 e. The number of rotatable bonds is 2. The summed E-state index contributed by atoms with van der Waals surface area (Å²) in [5, 5.41) is 0. The highest BCUT2D eigenvalue weighted by atomic mass is 14.3. The predicted molar refractivity (Wildman–Crippen MR) is 247 cm³/mol. The van der Waals surface area contributed by atoms with Gasteiger partial charge in [0.05, 0.1) is 0 Å². The van der Waals surface area contributed by atoms with Gasteiger partial charge in [-0.3, -0.25) is 0 Å². The lowest BCUT2D eigenvalue weighted by molar-refractivity contribution is 0.593. The molecule has 58 heavy (non-hydrogen) atoms. The predicted octanol–water partition coefficient (Wildman–Crippen LogP) is 16.3. The van der Waals surface area contributed by atoms with Crippen LogP contribution in [0.25, 0.3) is 111 Å². The highest BCUT2D eigenvalue weighted by Crippen LogP contribution is 2.52. The van der Waals surface area contributed by atoms with E-state index in [1.807, 2.05) is 0 Å². The van der Waals surface area contributed by atoms with Gasteiger partial charge in [0.15, 0.2) is 0 Å². The van der Waals surface area contributed by atoms with Gasteiger partial charge in [-0.15, -0.1) is 0 Å². The molecule has 274 valence electrons. The molecule has 0 radical (unpaired) electrons. The van der Waals surface area contributed by atoms with Crippen LogP contribution < -0.4 is 0 Å². The topological polar surface area (TPSA) is 0 Å². The van der Waals surface area contributed by atoms with Crippen molar-refractivity contribution >= 4 is 0 Å². The van der Waals surface area contributed by atoms with E-state index in [4.69, 9.17) is 0 Å². The maximum atomic E-state index is 2.46. The molecule has 0 fully saturated rings. The molecule has 0 saturated heterocycles. The van der Waals surface area contributed by atoms with Gasteiger partial charge < -0.3 is 0 Å². The molecule has 0 nitrogen and oxygen atoms in total. The molecule has 0 N–H and O–H groups in total. The van der Waals surface area contributed by atoms with Gasteiger partial charge in [0.25, 0.3) is 0 Å². The molecule has 0 spiro atoms. The fourth-order valence-electron chi connectivity index (χ4n) is 9.90. The maximum absolute atomic E-state index is 2.46. The van der Waals surface area contributed by atoms with Crippen molar-refractivity contribution in [3.8, 4) is 111 Å². The van der Waals surface area contributed by atoms with Crippen molar-refractivity contribution in [2.24, 2.45) is 0 Å². The van der Waals surface area contributed by atoms with E-state index in [2.05, 4.69) is 221 Å². The minimum absolute atomic E-state index is 0.145. The summed E-state index contributed by atoms with van der Waals surface area (Å²) in [6.45, 7) is 7.09. The van der Waals surface area contributed by atoms with E-state index in [1.165, 1.54) is 117 Å². The summed E-state index contributed by atoms with van der Waals surface area (Å²) in [6, 6.07) is 74.7. The number of hydrogen-bond acceptors (Lipinski definition) is 0. The minimum atomic E-state index is -0.145. The molecule has 9 aromatic rings. The van der Waals surface area contributed by atoms with Crippen LogP contribution in [0.2, 0.25) is 0 Å². The number of fused-ring (bicyclic) bond motifs is 16. The third-order valence-corrected chi connectivity index (χ3v) is 12.4. The zero-order valence-corrected chi connectivity index (χ0v) is 33.1. The zero-order valence-electron chi connectivity index (χ0n) is 33.1. The molecule has 2 aliphatic carbocycles. The van der Waals surface area contributed by atoms with Crippen molar-refractivity contribution < 1.29 is 0 Å². The Morgan fingerprint density at radius 3 is 0.655 bits per heavy atom. The molecule has 0 atom stereocenters. The minimum Gasteiger partial charge on any atom is -0.0616 e. The van der Waals surface area contributed by atoms with Crippen molar-refractivity contribution in [2.45, 2.75) is 26.2 Å². The summed E-state index contributed by atoms with van der Waals surface area (Å²) in [4.78, 5) is 0. The van der Waals surface area contributed by atoms with Crippen molar-refractivity contribution in [2.75, 3.05) is 0 Å². The van der Waals surface area contributed by atoms with Crippen LogP contribution in [0.4, 0.5) is 0 Å². The summed E-state index contributed by atoms with van der Waals surface area (Å²) in [5.41, 5.74) is 26.5. The Morgan fingerprint density at radius 1 is 0.207 bits per heavy atom. The van der Waals surface area contributed by atoms with Gasteiger partial charge in [0.1, 0.15) is 0 Å². The van der Waals surface area contributed by atoms with Crippen molar-refractivity contribution in [1.29, 1.82) is 0 Å². The van der Waals surface area contributed by atoms with Gasteiger partial charge in [-0.05, 0) is 134 Å². The normalized spacial score (nSPS) is 12.1. The fourth-order valence-corrected chi connectivity index (χ4v) is 9.90. The lowest BCUT2D eigenvalue weighted by Gasteiger charge is -2.29. The smallest absolute Gasteiger partial charge is 0.00928 e. The molecule has 0 heterocycles. The Labute approximate surface area is 341 Å². The lowest BCUT2D eigenvalue weighted by Crippen LogP contribution is -2.15. The van der Waals surface area contributed by atoms with Gasteiger partial charge in [-0.25, -0.2) is 0 Å². The Bertz CT molecular complexity index is 2880. The van der Waals surface area contributed by atoms with Crippen LogP contribution in [0.5, 0.6) is 0 Å². The summed E-state index contributed by atoms with van der Waals surface area (Å²) in [7, 11) is 0. The molecular formula is C58H42. The van der Waals surface area contributed by atoms with Crippen LogP contribution >= 0.6 is 0 Å². The van der Waals surface area contributed by atoms with Crippen molar-refractivity contribution in [3.05, 3.63) is 206 Å². The molecule has 11 rings (SSSR count). The number of hydrogen-bond donors (Lipinski definition) is 0. The second-order valence-electron chi connectivity index (χ2n) is 16.8. The summed E-state index contributed by atoms with van der Waals surface area (Å²) >= 11 is 0. The van der Waals surface area contributed by atoms with Crippen molar-refractivity contribution in [1.82, 2.24) is 0 Å². The van der Waals surface area contributed by atoms with E-state index in [1.54, 1.807) is 0 Å². The van der Waals surface area contributed by atoms with Crippen LogP contribution in [-0.2, 0) is 5.41 Å². The Hall–Kier alpha value is -7.02. The average molecular weight is 739 g/mol. The second kappa shape index (κ2) is 13.3. The zero-order chi connectivity index (χ0) is 39.0. The van der Waals surface area contributed by atoms with Gasteiger partial charge in [0, 0.05) is 0 Å². The standard InChI is InChI=1S/C58H42/c1-58(2,3)57-39(37-31-33-53-49-25-10-8-21-45(49)41-17-4-6-19-43(41)47-23-12-14-27-51(47)55(53)35-37)29-16-30-40(57)38-32-34-54-50-26-11-9-22-46(50)42-18-5-7-20-44(42)48-24-13-15-28-52(48)56(54)36-38/h4-36H,1-3H3. The molecular weight excluding hydrogens is 697 g/mol. The molecule has 0 bridgehead atoms. The highest BCUT2D eigenvalue weighted by Gasteiger charge is 2.28. The lowest BCUT2D eigenvalue weighted by atomic mass is 9.75. The summed E-state index contributed by atoms with van der Waals surface area (Å²) in [6.07, 6.45) is 0. The fraction of sp³-hybridized carbons (Fsp3) is 0.0690. The Kier molecular flexibility index (Phi) is 7.85. The SMILES string of the molecule is CC(C)(C)c1c(-c2ccc3c(c2)-c2ccccc2-c2ccccc2-c2ccccc2-3)cccc1-c1ccc2c(c1)-c1ccccc1-c1ccccc1-c1ccccc1-2. The quantitative estimate of drug-likeness (QED) is 0.166. The van der Waals surface area contributed by atoms with Crippen LogP contribution in [0.3, 0.4) is 0 Å². The first-order valence-corrected chi connectivity index (χ1v) is 20.4. The van der Waals surface area contributed by atoms with E-state index in [0.29, 0.717) is 0 Å². The van der Waals surface area contributed by atoms with Gasteiger partial charge in [0.2, 0.25) is 0 Å². The molecule has 2 aliphatic rings. The monoisotopic (exact) mass is 738 g/mol. The average Bonchev–Trinajstić information content (AvgIpc) is 3.27.